The molecule has 0 radical (unpaired) electrons. The minimum atomic E-state index is -0.702. The molecule has 0 spiro atoms. The third-order valence-corrected chi connectivity index (χ3v) is 3.80. The van der Waals surface area contributed by atoms with Gasteiger partial charge in [0.05, 0.1) is 31.0 Å². The third-order valence-electron chi connectivity index (χ3n) is 2.46. The van der Waals surface area contributed by atoms with Crippen LogP contribution in [0, 0.1) is 6.92 Å². The summed E-state index contributed by atoms with van der Waals surface area (Å²) in [6.07, 6.45) is 1.000. The highest BCUT2D eigenvalue weighted by Gasteiger charge is 2.15. The zero-order valence-corrected chi connectivity index (χ0v) is 13.5. The van der Waals surface area contributed by atoms with Crippen molar-refractivity contribution < 1.29 is 19.1 Å². The van der Waals surface area contributed by atoms with Gasteiger partial charge in [-0.2, -0.15) is 0 Å². The quantitative estimate of drug-likeness (QED) is 0.659. The molecule has 7 heteroatoms. The summed E-state index contributed by atoms with van der Waals surface area (Å²) in [6.45, 7) is 1.82. The minimum absolute atomic E-state index is 0.0667. The summed E-state index contributed by atoms with van der Waals surface area (Å²) < 4.78 is 9.91. The van der Waals surface area contributed by atoms with Gasteiger partial charge in [0, 0.05) is 4.47 Å². The number of anilines is 1. The number of benzene rings is 1. The average Bonchev–Trinajstić information content (AvgIpc) is 2.45. The highest BCUT2D eigenvalue weighted by atomic mass is 79.9. The van der Waals surface area contributed by atoms with Crippen molar-refractivity contribution in [1.82, 2.24) is 0 Å². The maximum Gasteiger partial charge on any atom is 0.354 e. The second-order valence-corrected chi connectivity index (χ2v) is 4.96. The van der Waals surface area contributed by atoms with Crippen LogP contribution in [0.4, 0.5) is 5.69 Å². The molecule has 0 unspecified atom stereocenters. The number of hydrogen-bond acceptors (Lipinski definition) is 5. The molecule has 0 aliphatic carbocycles. The lowest BCUT2D eigenvalue weighted by atomic mass is 10.2. The van der Waals surface area contributed by atoms with Gasteiger partial charge in [-0.05, 0) is 24.6 Å². The number of carbonyl (C=O) groups is 2. The van der Waals surface area contributed by atoms with Crippen molar-refractivity contribution in [2.45, 2.75) is 6.92 Å². The lowest BCUT2D eigenvalue weighted by Crippen LogP contribution is -2.15. The highest BCUT2D eigenvalue weighted by Crippen LogP contribution is 2.31. The number of hydrogen-bond donors (Lipinski definition) is 1. The van der Waals surface area contributed by atoms with Crippen LogP contribution in [0.2, 0.25) is 5.02 Å². The fourth-order valence-electron chi connectivity index (χ4n) is 1.34. The summed E-state index contributed by atoms with van der Waals surface area (Å²) in [5.74, 6) is -1.38. The summed E-state index contributed by atoms with van der Waals surface area (Å²) in [7, 11) is 2.42. The van der Waals surface area contributed by atoms with E-state index < -0.39 is 11.9 Å². The highest BCUT2D eigenvalue weighted by molar-refractivity contribution is 9.10. The van der Waals surface area contributed by atoms with Crippen LogP contribution in [0.15, 0.2) is 28.4 Å². The fraction of sp³-hybridized carbons (Fsp3) is 0.231. The Morgan fingerprint density at radius 1 is 1.30 bits per heavy atom. The molecule has 1 aromatic carbocycles. The zero-order valence-electron chi connectivity index (χ0n) is 11.1. The van der Waals surface area contributed by atoms with Gasteiger partial charge in [0.1, 0.15) is 5.70 Å². The van der Waals surface area contributed by atoms with Crippen LogP contribution >= 0.6 is 27.5 Å². The van der Waals surface area contributed by atoms with Gasteiger partial charge in [0.25, 0.3) is 0 Å². The van der Waals surface area contributed by atoms with Crippen molar-refractivity contribution in [2.24, 2.45) is 0 Å². The molecule has 0 aliphatic heterocycles. The van der Waals surface area contributed by atoms with Crippen LogP contribution in [0.25, 0.3) is 0 Å². The standard InChI is InChI=1S/C13H13BrClNO4/c1-7-8(14)4-5-9(12(7)15)16-10(13(18)20-3)6-11(17)19-2/h4-6,16H,1-3H3/b10-6+. The SMILES string of the molecule is COC(=O)/C=C(/Nc1ccc(Br)c(C)c1Cl)C(=O)OC. The number of ether oxygens (including phenoxy) is 2. The Balaban J connectivity index is 3.14. The first-order valence-corrected chi connectivity index (χ1v) is 6.67. The number of carbonyl (C=O) groups excluding carboxylic acids is 2. The van der Waals surface area contributed by atoms with Crippen LogP contribution < -0.4 is 5.32 Å². The summed E-state index contributed by atoms with van der Waals surface area (Å²) in [6, 6.07) is 3.45. The zero-order chi connectivity index (χ0) is 15.3. The number of methoxy groups -OCH3 is 2. The van der Waals surface area contributed by atoms with Gasteiger partial charge >= 0.3 is 11.9 Å². The van der Waals surface area contributed by atoms with Crippen LogP contribution in [0.1, 0.15) is 5.56 Å². The van der Waals surface area contributed by atoms with E-state index in [9.17, 15) is 9.59 Å². The molecule has 20 heavy (non-hydrogen) atoms. The van der Waals surface area contributed by atoms with Gasteiger partial charge < -0.3 is 14.8 Å². The number of nitrogens with one attached hydrogen (secondary N) is 1. The normalized spacial score (nSPS) is 10.9. The fourth-order valence-corrected chi connectivity index (χ4v) is 1.99. The molecule has 0 heterocycles. The van der Waals surface area contributed by atoms with E-state index >= 15 is 0 Å². The van der Waals surface area contributed by atoms with Crippen molar-refractivity contribution >= 4 is 45.2 Å². The largest absolute Gasteiger partial charge is 0.466 e. The van der Waals surface area contributed by atoms with E-state index in [0.717, 1.165) is 16.1 Å². The molecule has 0 amide bonds. The number of esters is 2. The number of rotatable bonds is 4. The predicted octanol–water partition coefficient (Wildman–Crippen LogP) is 3.05. The Kier molecular flexibility index (Phi) is 6.04. The monoisotopic (exact) mass is 361 g/mol. The minimum Gasteiger partial charge on any atom is -0.466 e. The average molecular weight is 363 g/mol. The summed E-state index contributed by atoms with van der Waals surface area (Å²) in [5, 5.41) is 3.19. The van der Waals surface area contributed by atoms with Crippen molar-refractivity contribution in [2.75, 3.05) is 19.5 Å². The van der Waals surface area contributed by atoms with Crippen LogP contribution in [0.5, 0.6) is 0 Å². The second-order valence-electron chi connectivity index (χ2n) is 3.73. The second kappa shape index (κ2) is 7.31. The molecule has 0 atom stereocenters. The van der Waals surface area contributed by atoms with E-state index in [2.05, 4.69) is 30.7 Å². The van der Waals surface area contributed by atoms with E-state index in [1.807, 2.05) is 6.92 Å². The van der Waals surface area contributed by atoms with Gasteiger partial charge in [-0.25, -0.2) is 9.59 Å². The first kappa shape index (κ1) is 16.5. The lowest BCUT2D eigenvalue weighted by Gasteiger charge is -2.12. The van der Waals surface area contributed by atoms with E-state index in [1.54, 1.807) is 12.1 Å². The van der Waals surface area contributed by atoms with E-state index in [4.69, 9.17) is 11.6 Å². The topological polar surface area (TPSA) is 64.6 Å². The third kappa shape index (κ3) is 3.98. The van der Waals surface area contributed by atoms with E-state index in [0.29, 0.717) is 10.7 Å². The molecule has 5 nitrogen and oxygen atoms in total. The molecule has 1 aromatic rings. The van der Waals surface area contributed by atoms with Crippen LogP contribution in [-0.2, 0) is 19.1 Å². The molecule has 0 aromatic heterocycles. The van der Waals surface area contributed by atoms with Gasteiger partial charge in [0.15, 0.2) is 0 Å². The molecule has 0 fully saturated rings. The summed E-state index contributed by atoms with van der Waals surface area (Å²) in [4.78, 5) is 22.9. The molecule has 0 bridgehead atoms. The summed E-state index contributed by atoms with van der Waals surface area (Å²) in [5.41, 5.74) is 1.22. The van der Waals surface area contributed by atoms with Crippen molar-refractivity contribution in [1.29, 1.82) is 0 Å². The first-order valence-electron chi connectivity index (χ1n) is 5.50. The Hall–Kier alpha value is -1.53. The predicted molar refractivity (Wildman–Crippen MR) is 79.6 cm³/mol. The molecule has 0 aliphatic rings. The molecule has 0 saturated heterocycles. The van der Waals surface area contributed by atoms with Crippen molar-refractivity contribution in [3.63, 3.8) is 0 Å². The molecular formula is C13H13BrClNO4. The Labute approximate surface area is 130 Å². The molecule has 1 N–H and O–H groups in total. The maximum absolute atomic E-state index is 11.6. The molecule has 108 valence electrons. The molecule has 1 rings (SSSR count). The van der Waals surface area contributed by atoms with E-state index in [1.165, 1.54) is 14.2 Å². The summed E-state index contributed by atoms with van der Waals surface area (Å²) >= 11 is 9.52. The Morgan fingerprint density at radius 2 is 1.95 bits per heavy atom. The smallest absolute Gasteiger partial charge is 0.354 e. The van der Waals surface area contributed by atoms with Gasteiger partial charge in [-0.3, -0.25) is 0 Å². The molecular weight excluding hydrogens is 350 g/mol. The van der Waals surface area contributed by atoms with Gasteiger partial charge in [-0.1, -0.05) is 27.5 Å². The van der Waals surface area contributed by atoms with Crippen LogP contribution in [-0.4, -0.2) is 26.2 Å². The van der Waals surface area contributed by atoms with Crippen molar-refractivity contribution in [3.8, 4) is 0 Å². The lowest BCUT2D eigenvalue weighted by molar-refractivity contribution is -0.138. The van der Waals surface area contributed by atoms with E-state index in [-0.39, 0.29) is 5.70 Å². The number of halogens is 2. The van der Waals surface area contributed by atoms with Crippen LogP contribution in [0.3, 0.4) is 0 Å². The van der Waals surface area contributed by atoms with Gasteiger partial charge in [-0.15, -0.1) is 0 Å². The Morgan fingerprint density at radius 3 is 2.50 bits per heavy atom. The van der Waals surface area contributed by atoms with Gasteiger partial charge in [0.2, 0.25) is 0 Å². The van der Waals surface area contributed by atoms with Crippen molar-refractivity contribution in [3.05, 3.63) is 39.0 Å². The first-order chi connectivity index (χ1) is 9.40. The Bertz CT molecular complexity index is 572. The maximum atomic E-state index is 11.6. The molecule has 0 saturated carbocycles.